The first-order valence-corrected chi connectivity index (χ1v) is 12.4. The Hall–Kier alpha value is -2.23. The predicted octanol–water partition coefficient (Wildman–Crippen LogP) is 3.23. The number of rotatable bonds is 6. The lowest BCUT2D eigenvalue weighted by molar-refractivity contribution is 0.213. The van der Waals surface area contributed by atoms with Gasteiger partial charge in [-0.25, -0.2) is 9.97 Å². The highest BCUT2D eigenvalue weighted by molar-refractivity contribution is 7.96. The first kappa shape index (κ1) is 21.6. The van der Waals surface area contributed by atoms with Gasteiger partial charge in [0.25, 0.3) is 0 Å². The average molecular weight is 453 g/mol. The quantitative estimate of drug-likeness (QED) is 0.571. The van der Waals surface area contributed by atoms with Crippen LogP contribution >= 0.6 is 11.9 Å². The molecule has 170 valence electrons. The zero-order chi connectivity index (χ0) is 22.1. The Bertz CT molecular complexity index is 1070. The second-order valence-electron chi connectivity index (χ2n) is 9.33. The van der Waals surface area contributed by atoms with E-state index in [9.17, 15) is 0 Å². The number of likely N-dealkylation sites (tertiary alicyclic amines) is 1. The standard InChI is InChI=1S/C23H32N8S/c1-17-19(14-25-28-17)21-26-20-15-24-8-4-18(20)22(27-21)31-10-6-23(7-11-31)5-9-30(16-23)12-13-32-29(2)3/h4,8,14-15H,5-7,9-13,16H2,1-3H3,(H,25,28). The van der Waals surface area contributed by atoms with Crippen LogP contribution in [0.25, 0.3) is 22.3 Å². The van der Waals surface area contributed by atoms with Gasteiger partial charge in [0.05, 0.1) is 23.5 Å². The minimum absolute atomic E-state index is 0.466. The van der Waals surface area contributed by atoms with Crippen LogP contribution in [-0.2, 0) is 0 Å². The van der Waals surface area contributed by atoms with Crippen molar-refractivity contribution in [1.82, 2.24) is 34.4 Å². The van der Waals surface area contributed by atoms with Crippen molar-refractivity contribution >= 4 is 28.7 Å². The van der Waals surface area contributed by atoms with Crippen LogP contribution in [0.1, 0.15) is 25.0 Å². The maximum absolute atomic E-state index is 5.02. The van der Waals surface area contributed by atoms with E-state index in [1.165, 1.54) is 44.6 Å². The number of fused-ring (bicyclic) bond motifs is 1. The summed E-state index contributed by atoms with van der Waals surface area (Å²) in [4.78, 5) is 19.2. The van der Waals surface area contributed by atoms with Crippen LogP contribution in [0.4, 0.5) is 5.82 Å². The summed E-state index contributed by atoms with van der Waals surface area (Å²) in [7, 11) is 4.25. The van der Waals surface area contributed by atoms with Crippen molar-refractivity contribution in [3.8, 4) is 11.4 Å². The predicted molar refractivity (Wildman–Crippen MR) is 131 cm³/mol. The molecule has 0 bridgehead atoms. The molecule has 2 aliphatic heterocycles. The number of hydrogen-bond acceptors (Lipinski definition) is 8. The summed E-state index contributed by atoms with van der Waals surface area (Å²) in [6, 6.07) is 2.04. The van der Waals surface area contributed by atoms with E-state index in [0.29, 0.717) is 5.41 Å². The summed E-state index contributed by atoms with van der Waals surface area (Å²) in [6.45, 7) is 7.75. The van der Waals surface area contributed by atoms with Crippen LogP contribution in [0, 0.1) is 12.3 Å². The smallest absolute Gasteiger partial charge is 0.165 e. The number of aryl methyl sites for hydroxylation is 1. The van der Waals surface area contributed by atoms with Gasteiger partial charge in [-0.2, -0.15) is 5.10 Å². The number of anilines is 1. The monoisotopic (exact) mass is 452 g/mol. The van der Waals surface area contributed by atoms with Crippen LogP contribution in [-0.4, -0.2) is 86.9 Å². The second kappa shape index (κ2) is 8.96. The summed E-state index contributed by atoms with van der Waals surface area (Å²) in [5, 5.41) is 8.25. The topological polar surface area (TPSA) is 77.1 Å². The van der Waals surface area contributed by atoms with Crippen LogP contribution in [0.2, 0.25) is 0 Å². The van der Waals surface area contributed by atoms with Crippen LogP contribution in [0.5, 0.6) is 0 Å². The van der Waals surface area contributed by atoms with E-state index >= 15 is 0 Å². The number of piperidine rings is 1. The number of H-pyrrole nitrogens is 1. The van der Waals surface area contributed by atoms with Crippen LogP contribution in [0.3, 0.4) is 0 Å². The highest BCUT2D eigenvalue weighted by atomic mass is 32.2. The molecule has 0 unspecified atom stereocenters. The van der Waals surface area contributed by atoms with E-state index in [1.54, 1.807) is 0 Å². The minimum Gasteiger partial charge on any atom is -0.356 e. The first-order chi connectivity index (χ1) is 15.5. The molecule has 1 N–H and O–H groups in total. The van der Waals surface area contributed by atoms with Gasteiger partial charge in [-0.3, -0.25) is 14.4 Å². The summed E-state index contributed by atoms with van der Waals surface area (Å²) < 4.78 is 2.20. The lowest BCUT2D eigenvalue weighted by Crippen LogP contribution is -2.42. The van der Waals surface area contributed by atoms with E-state index in [0.717, 1.165) is 46.9 Å². The SMILES string of the molecule is Cc1[nH]ncc1-c1nc(N2CCC3(CCN(CCSN(C)C)C3)CC2)c2ccncc2n1. The van der Waals surface area contributed by atoms with Crippen molar-refractivity contribution in [2.45, 2.75) is 26.2 Å². The summed E-state index contributed by atoms with van der Waals surface area (Å²) in [6.07, 6.45) is 9.25. The van der Waals surface area contributed by atoms with E-state index < -0.39 is 0 Å². The van der Waals surface area contributed by atoms with Gasteiger partial charge in [-0.05, 0) is 58.3 Å². The Morgan fingerprint density at radius 1 is 1.12 bits per heavy atom. The number of nitrogens with zero attached hydrogens (tertiary/aromatic N) is 7. The fourth-order valence-corrected chi connectivity index (χ4v) is 5.78. The van der Waals surface area contributed by atoms with E-state index in [-0.39, 0.29) is 0 Å². The molecule has 2 aliphatic rings. The highest BCUT2D eigenvalue weighted by Crippen LogP contribution is 2.42. The van der Waals surface area contributed by atoms with Crippen LogP contribution in [0.15, 0.2) is 24.7 Å². The van der Waals surface area contributed by atoms with E-state index in [1.807, 2.05) is 43.5 Å². The summed E-state index contributed by atoms with van der Waals surface area (Å²) >= 11 is 1.91. The van der Waals surface area contributed by atoms with Gasteiger partial charge in [0.15, 0.2) is 5.82 Å². The van der Waals surface area contributed by atoms with Crippen LogP contribution < -0.4 is 4.90 Å². The van der Waals surface area contributed by atoms with Crippen molar-refractivity contribution in [2.75, 3.05) is 57.5 Å². The largest absolute Gasteiger partial charge is 0.356 e. The first-order valence-electron chi connectivity index (χ1n) is 11.4. The molecule has 3 aromatic rings. The Labute approximate surface area is 193 Å². The molecule has 0 amide bonds. The van der Waals surface area contributed by atoms with E-state index in [4.69, 9.17) is 9.97 Å². The fourth-order valence-electron chi connectivity index (χ4n) is 5.07. The molecular weight excluding hydrogens is 420 g/mol. The van der Waals surface area contributed by atoms with Crippen molar-refractivity contribution in [3.63, 3.8) is 0 Å². The number of aromatic amines is 1. The molecule has 5 heterocycles. The zero-order valence-electron chi connectivity index (χ0n) is 19.2. The zero-order valence-corrected chi connectivity index (χ0v) is 20.0. The van der Waals surface area contributed by atoms with Gasteiger partial charge >= 0.3 is 0 Å². The Kier molecular flexibility index (Phi) is 6.05. The Morgan fingerprint density at radius 3 is 2.69 bits per heavy atom. The van der Waals surface area contributed by atoms with Gasteiger partial charge in [-0.1, -0.05) is 11.9 Å². The molecule has 9 heteroatoms. The van der Waals surface area contributed by atoms with Crippen molar-refractivity contribution in [1.29, 1.82) is 0 Å². The van der Waals surface area contributed by atoms with Gasteiger partial charge < -0.3 is 9.80 Å². The molecule has 3 aromatic heterocycles. The van der Waals surface area contributed by atoms with Gasteiger partial charge in [0.1, 0.15) is 5.82 Å². The molecule has 0 saturated carbocycles. The summed E-state index contributed by atoms with van der Waals surface area (Å²) in [5.41, 5.74) is 3.29. The third kappa shape index (κ3) is 4.33. The molecule has 0 aromatic carbocycles. The third-order valence-electron chi connectivity index (χ3n) is 6.95. The molecule has 2 fully saturated rings. The van der Waals surface area contributed by atoms with Gasteiger partial charge in [-0.15, -0.1) is 0 Å². The van der Waals surface area contributed by atoms with Crippen molar-refractivity contribution < 1.29 is 0 Å². The average Bonchev–Trinajstić information content (AvgIpc) is 3.40. The molecule has 0 atom stereocenters. The normalized spacial score (nSPS) is 18.9. The molecule has 0 aliphatic carbocycles. The molecule has 1 spiro atoms. The Morgan fingerprint density at radius 2 is 1.94 bits per heavy atom. The third-order valence-corrected chi connectivity index (χ3v) is 7.83. The number of nitrogens with one attached hydrogen (secondary N) is 1. The lowest BCUT2D eigenvalue weighted by atomic mass is 9.78. The van der Waals surface area contributed by atoms with E-state index in [2.05, 4.69) is 43.4 Å². The molecular formula is C23H32N8S. The molecule has 5 rings (SSSR count). The molecule has 32 heavy (non-hydrogen) atoms. The minimum atomic E-state index is 0.466. The maximum atomic E-state index is 5.02. The number of pyridine rings is 1. The molecule has 2 saturated heterocycles. The van der Waals surface area contributed by atoms with Gasteiger partial charge in [0, 0.05) is 49.2 Å². The maximum Gasteiger partial charge on any atom is 0.165 e. The van der Waals surface area contributed by atoms with Crippen molar-refractivity contribution in [2.24, 2.45) is 5.41 Å². The Balaban J connectivity index is 1.33. The fraction of sp³-hybridized carbons (Fsp3) is 0.565. The molecule has 0 radical (unpaired) electrons. The van der Waals surface area contributed by atoms with Gasteiger partial charge in [0.2, 0.25) is 0 Å². The molecule has 8 nitrogen and oxygen atoms in total. The second-order valence-corrected chi connectivity index (χ2v) is 10.7. The lowest BCUT2D eigenvalue weighted by Gasteiger charge is -2.40. The highest BCUT2D eigenvalue weighted by Gasteiger charge is 2.40. The van der Waals surface area contributed by atoms with Crippen molar-refractivity contribution in [3.05, 3.63) is 30.4 Å². The summed E-state index contributed by atoms with van der Waals surface area (Å²) in [5.74, 6) is 2.92. The number of aromatic nitrogens is 5. The number of hydrogen-bond donors (Lipinski definition) is 1.